The molecule has 7 heteroatoms. The van der Waals surface area contributed by atoms with E-state index in [0.29, 0.717) is 0 Å². The summed E-state index contributed by atoms with van der Waals surface area (Å²) in [7, 11) is 0. The second kappa shape index (κ2) is 6.63. The van der Waals surface area contributed by atoms with Crippen molar-refractivity contribution in [2.24, 2.45) is 0 Å². The second-order valence-electron chi connectivity index (χ2n) is 4.87. The maximum atomic E-state index is 12.1. The fraction of sp³-hybridized carbons (Fsp3) is 0.750. The van der Waals surface area contributed by atoms with Crippen LogP contribution in [0, 0.1) is 0 Å². The van der Waals surface area contributed by atoms with Gasteiger partial charge in [-0.3, -0.25) is 9.69 Å². The molecule has 1 aromatic rings. The highest BCUT2D eigenvalue weighted by atomic mass is 16.5. The molecular formula is C12H21N5O2. The number of ether oxygens (including phenoxy) is 1. The van der Waals surface area contributed by atoms with E-state index in [1.165, 1.54) is 6.33 Å². The van der Waals surface area contributed by atoms with Crippen molar-refractivity contribution in [3.05, 3.63) is 12.7 Å². The molecule has 0 unspecified atom stereocenters. The summed E-state index contributed by atoms with van der Waals surface area (Å²) >= 11 is 0. The average molecular weight is 267 g/mol. The van der Waals surface area contributed by atoms with E-state index in [1.54, 1.807) is 11.0 Å². The molecule has 0 aliphatic carbocycles. The smallest absolute Gasteiger partial charge is 0.244 e. The van der Waals surface area contributed by atoms with Crippen molar-refractivity contribution >= 4 is 5.91 Å². The molecule has 0 bridgehead atoms. The van der Waals surface area contributed by atoms with Crippen molar-refractivity contribution < 1.29 is 9.53 Å². The Morgan fingerprint density at radius 3 is 2.79 bits per heavy atom. The first-order valence-corrected chi connectivity index (χ1v) is 6.61. The summed E-state index contributed by atoms with van der Waals surface area (Å²) in [5, 5.41) is 6.98. The summed E-state index contributed by atoms with van der Waals surface area (Å²) in [6, 6.07) is -0.230. The van der Waals surface area contributed by atoms with E-state index in [-0.39, 0.29) is 18.0 Å². The van der Waals surface area contributed by atoms with Crippen LogP contribution >= 0.6 is 0 Å². The first-order valence-electron chi connectivity index (χ1n) is 6.61. The highest BCUT2D eigenvalue weighted by molar-refractivity contribution is 5.79. The lowest BCUT2D eigenvalue weighted by molar-refractivity contribution is -0.124. The fourth-order valence-corrected chi connectivity index (χ4v) is 2.12. The van der Waals surface area contributed by atoms with Gasteiger partial charge in [0.05, 0.1) is 13.2 Å². The van der Waals surface area contributed by atoms with Crippen LogP contribution in [-0.2, 0) is 9.53 Å². The summed E-state index contributed by atoms with van der Waals surface area (Å²) in [5.74, 6) is -0.0359. The zero-order chi connectivity index (χ0) is 13.7. The molecule has 0 spiro atoms. The molecule has 19 heavy (non-hydrogen) atoms. The van der Waals surface area contributed by atoms with Gasteiger partial charge in [0.25, 0.3) is 0 Å². The number of amides is 1. The molecule has 2 atom stereocenters. The van der Waals surface area contributed by atoms with E-state index >= 15 is 0 Å². The van der Waals surface area contributed by atoms with Crippen molar-refractivity contribution in [2.75, 3.05) is 32.8 Å². The van der Waals surface area contributed by atoms with Crippen LogP contribution in [0.1, 0.15) is 19.9 Å². The standard InChI is InChI=1S/C12H21N5O2/c1-10(7-16-3-5-19-6-4-16)15-12(18)11(2)17-9-13-8-14-17/h8-11H,3-7H2,1-2H3,(H,15,18)/t10-,11+/m1/s1. The predicted octanol–water partition coefficient (Wildman–Crippen LogP) is -0.324. The van der Waals surface area contributed by atoms with E-state index in [2.05, 4.69) is 20.3 Å². The van der Waals surface area contributed by atoms with Crippen molar-refractivity contribution in [1.29, 1.82) is 0 Å². The minimum atomic E-state index is -0.338. The van der Waals surface area contributed by atoms with Gasteiger partial charge in [0.2, 0.25) is 5.91 Å². The molecule has 0 aromatic carbocycles. The van der Waals surface area contributed by atoms with Gasteiger partial charge in [-0.15, -0.1) is 0 Å². The monoisotopic (exact) mass is 267 g/mol. The number of carbonyl (C=O) groups is 1. The molecule has 2 heterocycles. The van der Waals surface area contributed by atoms with E-state index in [0.717, 1.165) is 32.8 Å². The van der Waals surface area contributed by atoms with Crippen LogP contribution < -0.4 is 5.32 Å². The molecule has 2 rings (SSSR count). The van der Waals surface area contributed by atoms with Gasteiger partial charge in [0, 0.05) is 25.7 Å². The minimum absolute atomic E-state index is 0.0359. The molecule has 0 saturated carbocycles. The quantitative estimate of drug-likeness (QED) is 0.791. The van der Waals surface area contributed by atoms with Crippen molar-refractivity contribution in [1.82, 2.24) is 25.0 Å². The Kier molecular flexibility index (Phi) is 4.86. The van der Waals surface area contributed by atoms with Gasteiger partial charge in [-0.25, -0.2) is 9.67 Å². The lowest BCUT2D eigenvalue weighted by Crippen LogP contribution is -2.47. The fourth-order valence-electron chi connectivity index (χ4n) is 2.12. The van der Waals surface area contributed by atoms with E-state index < -0.39 is 0 Å². The molecule has 106 valence electrons. The molecular weight excluding hydrogens is 246 g/mol. The largest absolute Gasteiger partial charge is 0.379 e. The number of hydrogen-bond acceptors (Lipinski definition) is 5. The van der Waals surface area contributed by atoms with Crippen molar-refractivity contribution in [3.63, 3.8) is 0 Å². The maximum absolute atomic E-state index is 12.1. The molecule has 1 aliphatic rings. The third-order valence-electron chi connectivity index (χ3n) is 3.24. The van der Waals surface area contributed by atoms with E-state index in [1.807, 2.05) is 13.8 Å². The Balaban J connectivity index is 1.77. The molecule has 1 saturated heterocycles. The molecule has 0 radical (unpaired) electrons. The Morgan fingerprint density at radius 1 is 1.42 bits per heavy atom. The van der Waals surface area contributed by atoms with Crippen molar-refractivity contribution in [3.8, 4) is 0 Å². The highest BCUT2D eigenvalue weighted by Gasteiger charge is 2.19. The summed E-state index contributed by atoms with van der Waals surface area (Å²) in [6.45, 7) is 8.08. The van der Waals surface area contributed by atoms with Crippen LogP contribution in [0.2, 0.25) is 0 Å². The van der Waals surface area contributed by atoms with Gasteiger partial charge >= 0.3 is 0 Å². The Hall–Kier alpha value is -1.47. The number of rotatable bonds is 5. The minimum Gasteiger partial charge on any atom is -0.379 e. The number of aromatic nitrogens is 3. The van der Waals surface area contributed by atoms with Gasteiger partial charge in [0.1, 0.15) is 18.7 Å². The van der Waals surface area contributed by atoms with Crippen LogP contribution in [-0.4, -0.2) is 64.5 Å². The molecule has 1 fully saturated rings. The second-order valence-corrected chi connectivity index (χ2v) is 4.87. The zero-order valence-corrected chi connectivity index (χ0v) is 11.5. The normalized spacial score (nSPS) is 19.9. The summed E-state index contributed by atoms with van der Waals surface area (Å²) in [5.41, 5.74) is 0. The van der Waals surface area contributed by atoms with Gasteiger partial charge in [-0.05, 0) is 13.8 Å². The Morgan fingerprint density at radius 2 is 2.16 bits per heavy atom. The molecule has 7 nitrogen and oxygen atoms in total. The molecule has 1 aliphatic heterocycles. The van der Waals surface area contributed by atoms with Crippen LogP contribution in [0.25, 0.3) is 0 Å². The van der Waals surface area contributed by atoms with Gasteiger partial charge in [0.15, 0.2) is 0 Å². The Labute approximate surface area is 112 Å². The predicted molar refractivity (Wildman–Crippen MR) is 69.6 cm³/mol. The summed E-state index contributed by atoms with van der Waals surface area (Å²) < 4.78 is 6.85. The number of hydrogen-bond donors (Lipinski definition) is 1. The van der Waals surface area contributed by atoms with E-state index in [9.17, 15) is 4.79 Å². The molecule has 1 amide bonds. The first-order chi connectivity index (χ1) is 9.16. The zero-order valence-electron chi connectivity index (χ0n) is 11.5. The van der Waals surface area contributed by atoms with E-state index in [4.69, 9.17) is 4.74 Å². The van der Waals surface area contributed by atoms with Crippen LogP contribution in [0.3, 0.4) is 0 Å². The van der Waals surface area contributed by atoms with Crippen LogP contribution in [0.4, 0.5) is 0 Å². The number of nitrogens with zero attached hydrogens (tertiary/aromatic N) is 4. The lowest BCUT2D eigenvalue weighted by atomic mass is 10.2. The third-order valence-corrected chi connectivity index (χ3v) is 3.24. The number of carbonyl (C=O) groups excluding carboxylic acids is 1. The topological polar surface area (TPSA) is 72.3 Å². The summed E-state index contributed by atoms with van der Waals surface area (Å²) in [6.07, 6.45) is 2.98. The maximum Gasteiger partial charge on any atom is 0.244 e. The molecule has 1 N–H and O–H groups in total. The lowest BCUT2D eigenvalue weighted by Gasteiger charge is -2.29. The summed E-state index contributed by atoms with van der Waals surface area (Å²) in [4.78, 5) is 18.2. The SMILES string of the molecule is C[C@H](CN1CCOCC1)NC(=O)[C@H](C)n1cncn1. The van der Waals surface area contributed by atoms with Gasteiger partial charge < -0.3 is 10.1 Å². The van der Waals surface area contributed by atoms with Crippen LogP contribution in [0.5, 0.6) is 0 Å². The Bertz CT molecular complexity index is 389. The van der Waals surface area contributed by atoms with Crippen molar-refractivity contribution in [2.45, 2.75) is 25.9 Å². The van der Waals surface area contributed by atoms with Gasteiger partial charge in [-0.1, -0.05) is 0 Å². The number of morpholine rings is 1. The van der Waals surface area contributed by atoms with Gasteiger partial charge in [-0.2, -0.15) is 5.10 Å². The highest BCUT2D eigenvalue weighted by Crippen LogP contribution is 2.04. The first kappa shape index (κ1) is 14.0. The van der Waals surface area contributed by atoms with Crippen LogP contribution in [0.15, 0.2) is 12.7 Å². The number of nitrogens with one attached hydrogen (secondary N) is 1. The average Bonchev–Trinajstić information content (AvgIpc) is 2.92. The molecule has 1 aromatic heterocycles. The third kappa shape index (κ3) is 4.00.